The minimum Gasteiger partial charge on any atom is -0.437 e. The lowest BCUT2D eigenvalue weighted by Gasteiger charge is -2.14. The molecule has 0 saturated carbocycles. The van der Waals surface area contributed by atoms with Crippen molar-refractivity contribution >= 4 is 23.6 Å². The number of aromatic nitrogens is 1. The molecule has 1 aromatic carbocycles. The van der Waals surface area contributed by atoms with E-state index in [1.54, 1.807) is 12.3 Å². The molecule has 0 aliphatic rings. The van der Waals surface area contributed by atoms with Gasteiger partial charge in [-0.2, -0.15) is 0 Å². The van der Waals surface area contributed by atoms with Crippen molar-refractivity contribution in [2.24, 2.45) is 0 Å². The normalized spacial score (nSPS) is 12.4. The molecule has 0 spiro atoms. The van der Waals surface area contributed by atoms with Crippen molar-refractivity contribution in [3.05, 3.63) is 58.8 Å². The highest BCUT2D eigenvalue weighted by Crippen LogP contribution is 2.33. The fourth-order valence-corrected chi connectivity index (χ4v) is 3.13. The predicted molar refractivity (Wildman–Crippen MR) is 111 cm³/mol. The van der Waals surface area contributed by atoms with Crippen LogP contribution in [0.25, 0.3) is 6.08 Å². The highest BCUT2D eigenvalue weighted by molar-refractivity contribution is 6.32. The number of amides is 1. The Morgan fingerprint density at radius 1 is 1.26 bits per heavy atom. The van der Waals surface area contributed by atoms with Crippen LogP contribution in [-0.4, -0.2) is 16.9 Å². The third-order valence-corrected chi connectivity index (χ3v) is 4.69. The average molecular weight is 387 g/mol. The third kappa shape index (κ3) is 6.40. The van der Waals surface area contributed by atoms with E-state index in [-0.39, 0.29) is 11.9 Å². The maximum absolute atomic E-state index is 11.0. The molecule has 0 radical (unpaired) electrons. The molecule has 2 aromatic rings. The fourth-order valence-electron chi connectivity index (χ4n) is 2.90. The van der Waals surface area contributed by atoms with Crippen molar-refractivity contribution in [3.63, 3.8) is 0 Å². The zero-order chi connectivity index (χ0) is 19.8. The Morgan fingerprint density at radius 2 is 2.00 bits per heavy atom. The smallest absolute Gasteiger partial charge is 0.219 e. The maximum atomic E-state index is 11.0. The summed E-state index contributed by atoms with van der Waals surface area (Å²) in [5.74, 6) is 1.54. The van der Waals surface area contributed by atoms with Gasteiger partial charge < -0.3 is 10.1 Å². The summed E-state index contributed by atoms with van der Waals surface area (Å²) in [5.41, 5.74) is 2.16. The topological polar surface area (TPSA) is 51.2 Å². The number of halogens is 1. The Labute approximate surface area is 166 Å². The molecule has 144 valence electrons. The summed E-state index contributed by atoms with van der Waals surface area (Å²) >= 11 is 6.40. The number of benzene rings is 1. The molecular formula is C22H27ClN2O2. The van der Waals surface area contributed by atoms with E-state index in [4.69, 9.17) is 16.3 Å². The van der Waals surface area contributed by atoms with Gasteiger partial charge in [0.2, 0.25) is 11.8 Å². The van der Waals surface area contributed by atoms with E-state index in [9.17, 15) is 4.79 Å². The molecule has 27 heavy (non-hydrogen) atoms. The van der Waals surface area contributed by atoms with Gasteiger partial charge in [0.15, 0.2) is 0 Å². The second-order valence-corrected chi connectivity index (χ2v) is 6.99. The predicted octanol–water partition coefficient (Wildman–Crippen LogP) is 5.97. The average Bonchev–Trinajstić information content (AvgIpc) is 2.64. The molecular weight excluding hydrogens is 360 g/mol. The van der Waals surface area contributed by atoms with E-state index in [1.807, 2.05) is 37.3 Å². The molecule has 5 heteroatoms. The molecule has 4 nitrogen and oxygen atoms in total. The number of hydrogen-bond donors (Lipinski definition) is 1. The van der Waals surface area contributed by atoms with Gasteiger partial charge in [-0.05, 0) is 55.0 Å². The Hall–Kier alpha value is -2.33. The van der Waals surface area contributed by atoms with Gasteiger partial charge in [-0.3, -0.25) is 4.79 Å². The van der Waals surface area contributed by atoms with Crippen LogP contribution in [0.1, 0.15) is 57.6 Å². The summed E-state index contributed by atoms with van der Waals surface area (Å²) in [7, 11) is 0. The highest BCUT2D eigenvalue weighted by Gasteiger charge is 2.11. The molecule has 1 N–H and O–H groups in total. The first-order chi connectivity index (χ1) is 12.9. The van der Waals surface area contributed by atoms with Crippen LogP contribution >= 0.6 is 11.6 Å². The summed E-state index contributed by atoms with van der Waals surface area (Å²) in [4.78, 5) is 15.3. The number of rotatable bonds is 8. The highest BCUT2D eigenvalue weighted by atomic mass is 35.5. The summed E-state index contributed by atoms with van der Waals surface area (Å²) in [6.07, 6.45) is 7.72. The van der Waals surface area contributed by atoms with Crippen LogP contribution in [0.5, 0.6) is 11.6 Å². The van der Waals surface area contributed by atoms with Gasteiger partial charge in [-0.25, -0.2) is 4.98 Å². The SMILES string of the molecule is CCC(CC)c1ccc(Oc2ccc(/C=C/[C@H](C)NC(C)=O)cn2)c(Cl)c1. The number of carbonyl (C=O) groups is 1. The van der Waals surface area contributed by atoms with Crippen molar-refractivity contribution in [2.45, 2.75) is 52.5 Å². The fraction of sp³-hybridized carbons (Fsp3) is 0.364. The lowest BCUT2D eigenvalue weighted by Crippen LogP contribution is -2.28. The third-order valence-electron chi connectivity index (χ3n) is 4.39. The van der Waals surface area contributed by atoms with Crippen molar-refractivity contribution < 1.29 is 9.53 Å². The first-order valence-corrected chi connectivity index (χ1v) is 9.69. The Bertz CT molecular complexity index is 783. The zero-order valence-corrected chi connectivity index (χ0v) is 17.1. The van der Waals surface area contributed by atoms with Gasteiger partial charge in [0, 0.05) is 25.2 Å². The Morgan fingerprint density at radius 3 is 2.56 bits per heavy atom. The second-order valence-electron chi connectivity index (χ2n) is 6.58. The minimum absolute atomic E-state index is 0.0363. The van der Waals surface area contributed by atoms with Crippen LogP contribution in [0.3, 0.4) is 0 Å². The first kappa shape index (κ1) is 21.0. The van der Waals surface area contributed by atoms with Crippen LogP contribution in [0.4, 0.5) is 0 Å². The molecule has 0 aliphatic heterocycles. The first-order valence-electron chi connectivity index (χ1n) is 9.31. The van der Waals surface area contributed by atoms with E-state index in [2.05, 4.69) is 30.2 Å². The van der Waals surface area contributed by atoms with E-state index in [0.717, 1.165) is 18.4 Å². The quantitative estimate of drug-likeness (QED) is 0.608. The number of carbonyl (C=O) groups excluding carboxylic acids is 1. The van der Waals surface area contributed by atoms with Crippen LogP contribution < -0.4 is 10.1 Å². The molecule has 0 bridgehead atoms. The lowest BCUT2D eigenvalue weighted by atomic mass is 9.94. The van der Waals surface area contributed by atoms with Gasteiger partial charge in [-0.15, -0.1) is 0 Å². The molecule has 0 fully saturated rings. The number of ether oxygens (including phenoxy) is 1. The van der Waals surface area contributed by atoms with Gasteiger partial charge in [0.1, 0.15) is 5.75 Å². The molecule has 1 heterocycles. The standard InChI is InChI=1S/C22H27ClN2O2/c1-5-18(6-2)19-10-11-21(20(23)13-19)27-22-12-9-17(14-24-22)8-7-15(3)25-16(4)26/h7-15,18H,5-6H2,1-4H3,(H,25,26)/b8-7+/t15-/m0/s1. The zero-order valence-electron chi connectivity index (χ0n) is 16.3. The molecule has 0 aliphatic carbocycles. The van der Waals surface area contributed by atoms with Crippen molar-refractivity contribution in [1.82, 2.24) is 10.3 Å². The van der Waals surface area contributed by atoms with Gasteiger partial charge in [0.25, 0.3) is 0 Å². The van der Waals surface area contributed by atoms with Gasteiger partial charge in [-0.1, -0.05) is 43.7 Å². The van der Waals surface area contributed by atoms with Crippen molar-refractivity contribution in [1.29, 1.82) is 0 Å². The second kappa shape index (κ2) is 10.1. The van der Waals surface area contributed by atoms with Gasteiger partial charge >= 0.3 is 0 Å². The maximum Gasteiger partial charge on any atom is 0.219 e. The Balaban J connectivity index is 2.04. The number of nitrogens with one attached hydrogen (secondary N) is 1. The van der Waals surface area contributed by atoms with Gasteiger partial charge in [0.05, 0.1) is 5.02 Å². The summed E-state index contributed by atoms with van der Waals surface area (Å²) in [6, 6.07) is 9.63. The largest absolute Gasteiger partial charge is 0.437 e. The monoisotopic (exact) mass is 386 g/mol. The van der Waals surface area contributed by atoms with E-state index >= 15 is 0 Å². The molecule has 0 saturated heterocycles. The van der Waals surface area contributed by atoms with Crippen LogP contribution in [0.15, 0.2) is 42.6 Å². The minimum atomic E-state index is -0.0545. The summed E-state index contributed by atoms with van der Waals surface area (Å²) in [6.45, 7) is 7.78. The van der Waals surface area contributed by atoms with Crippen molar-refractivity contribution in [3.8, 4) is 11.6 Å². The molecule has 0 unspecified atom stereocenters. The molecule has 1 amide bonds. The summed E-state index contributed by atoms with van der Waals surface area (Å²) < 4.78 is 5.82. The molecule has 2 rings (SSSR count). The van der Waals surface area contributed by atoms with E-state index < -0.39 is 0 Å². The molecule has 1 aromatic heterocycles. The van der Waals surface area contributed by atoms with E-state index in [1.165, 1.54) is 12.5 Å². The van der Waals surface area contributed by atoms with Crippen LogP contribution in [0.2, 0.25) is 5.02 Å². The molecule has 1 atom stereocenters. The van der Waals surface area contributed by atoms with Crippen molar-refractivity contribution in [2.75, 3.05) is 0 Å². The Kier molecular flexibility index (Phi) is 7.86. The lowest BCUT2D eigenvalue weighted by molar-refractivity contribution is -0.119. The number of pyridine rings is 1. The van der Waals surface area contributed by atoms with Crippen LogP contribution in [0, 0.1) is 0 Å². The summed E-state index contributed by atoms with van der Waals surface area (Å²) in [5, 5.41) is 3.39. The van der Waals surface area contributed by atoms with E-state index in [0.29, 0.717) is 22.6 Å². The number of hydrogen-bond acceptors (Lipinski definition) is 3. The van der Waals surface area contributed by atoms with Crippen LogP contribution in [-0.2, 0) is 4.79 Å². The number of nitrogens with zero attached hydrogens (tertiary/aromatic N) is 1.